The molecular formula is C15H12BrF3O2S2. The summed E-state index contributed by atoms with van der Waals surface area (Å²) in [5.41, 5.74) is -4.22. The van der Waals surface area contributed by atoms with Crippen LogP contribution >= 0.6 is 27.7 Å². The highest BCUT2D eigenvalue weighted by molar-refractivity contribution is 9.10. The quantitative estimate of drug-likeness (QED) is 0.659. The van der Waals surface area contributed by atoms with E-state index in [0.717, 1.165) is 0 Å². The van der Waals surface area contributed by atoms with Gasteiger partial charge < -0.3 is 0 Å². The van der Waals surface area contributed by atoms with E-state index in [9.17, 15) is 21.6 Å². The first kappa shape index (κ1) is 18.4. The molecule has 0 aliphatic rings. The maximum Gasteiger partial charge on any atom is 0.442 e. The zero-order valence-corrected chi connectivity index (χ0v) is 14.8. The Balaban J connectivity index is 2.35. The van der Waals surface area contributed by atoms with E-state index in [0.29, 0.717) is 10.0 Å². The fourth-order valence-corrected chi connectivity index (χ4v) is 5.18. The first-order chi connectivity index (χ1) is 10.7. The number of hydrogen-bond acceptors (Lipinski definition) is 3. The number of halogens is 4. The van der Waals surface area contributed by atoms with Crippen molar-refractivity contribution in [2.24, 2.45) is 0 Å². The van der Waals surface area contributed by atoms with Crippen molar-refractivity contribution in [3.8, 4) is 0 Å². The second kappa shape index (κ2) is 7.27. The average molecular weight is 425 g/mol. The molecule has 0 bridgehead atoms. The van der Waals surface area contributed by atoms with Crippen LogP contribution in [0.2, 0.25) is 0 Å². The maximum atomic E-state index is 12.8. The molecular weight excluding hydrogens is 413 g/mol. The lowest BCUT2D eigenvalue weighted by Gasteiger charge is -2.19. The number of sulfone groups is 1. The minimum absolute atomic E-state index is 0.0165. The normalized spacial score (nSPS) is 13.7. The predicted molar refractivity (Wildman–Crippen MR) is 89.0 cm³/mol. The SMILES string of the molecule is O=S(=O)(CC(SC(F)(F)F)c1cccc(Br)c1)c1ccccc1. The van der Waals surface area contributed by atoms with Gasteiger partial charge in [0.1, 0.15) is 0 Å². The Morgan fingerprint density at radius 3 is 2.26 bits per heavy atom. The van der Waals surface area contributed by atoms with Crippen molar-refractivity contribution in [1.29, 1.82) is 0 Å². The summed E-state index contributed by atoms with van der Waals surface area (Å²) in [7, 11) is -3.83. The largest absolute Gasteiger partial charge is 0.442 e. The van der Waals surface area contributed by atoms with Crippen LogP contribution in [0.4, 0.5) is 13.2 Å². The van der Waals surface area contributed by atoms with E-state index in [1.165, 1.54) is 36.4 Å². The Morgan fingerprint density at radius 1 is 1.04 bits per heavy atom. The Labute approximate surface area is 145 Å². The monoisotopic (exact) mass is 424 g/mol. The lowest BCUT2D eigenvalue weighted by molar-refractivity contribution is -0.0333. The zero-order valence-electron chi connectivity index (χ0n) is 11.6. The summed E-state index contributed by atoms with van der Waals surface area (Å²) in [6.07, 6.45) is 0. The summed E-state index contributed by atoms with van der Waals surface area (Å²) in [5, 5.41) is -1.24. The van der Waals surface area contributed by atoms with Crippen LogP contribution in [0.5, 0.6) is 0 Å². The fourth-order valence-electron chi connectivity index (χ4n) is 1.99. The van der Waals surface area contributed by atoms with Gasteiger partial charge in [0.15, 0.2) is 9.84 Å². The third kappa shape index (κ3) is 5.54. The second-order valence-corrected chi connectivity index (χ2v) is 8.92. The van der Waals surface area contributed by atoms with Crippen molar-refractivity contribution in [2.75, 3.05) is 5.75 Å². The van der Waals surface area contributed by atoms with Crippen LogP contribution in [0.3, 0.4) is 0 Å². The molecule has 1 atom stereocenters. The second-order valence-electron chi connectivity index (χ2n) is 4.70. The van der Waals surface area contributed by atoms with E-state index >= 15 is 0 Å². The highest BCUT2D eigenvalue weighted by atomic mass is 79.9. The molecule has 0 aliphatic heterocycles. The van der Waals surface area contributed by atoms with Gasteiger partial charge in [-0.2, -0.15) is 13.2 Å². The molecule has 0 N–H and O–H groups in total. The molecule has 2 rings (SSSR count). The van der Waals surface area contributed by atoms with Crippen LogP contribution < -0.4 is 0 Å². The Hall–Kier alpha value is -0.990. The van der Waals surface area contributed by atoms with Crippen LogP contribution in [0.15, 0.2) is 64.0 Å². The summed E-state index contributed by atoms with van der Waals surface area (Å²) in [6, 6.07) is 13.7. The standard InChI is InChI=1S/C15H12BrF3O2S2/c16-12-6-4-5-11(9-12)14(22-15(17,18)19)10-23(20,21)13-7-2-1-3-8-13/h1-9,14H,10H2. The molecule has 8 heteroatoms. The van der Waals surface area contributed by atoms with E-state index in [1.54, 1.807) is 18.2 Å². The van der Waals surface area contributed by atoms with Crippen LogP contribution in [0, 0.1) is 0 Å². The van der Waals surface area contributed by atoms with Crippen LogP contribution in [0.1, 0.15) is 10.8 Å². The van der Waals surface area contributed by atoms with E-state index in [4.69, 9.17) is 0 Å². The lowest BCUT2D eigenvalue weighted by Crippen LogP contribution is -2.16. The first-order valence-electron chi connectivity index (χ1n) is 6.45. The molecule has 0 saturated heterocycles. The molecule has 124 valence electrons. The molecule has 23 heavy (non-hydrogen) atoms. The van der Waals surface area contributed by atoms with E-state index < -0.39 is 26.3 Å². The number of benzene rings is 2. The van der Waals surface area contributed by atoms with Crippen molar-refractivity contribution in [3.05, 3.63) is 64.6 Å². The molecule has 1 unspecified atom stereocenters. The first-order valence-corrected chi connectivity index (χ1v) is 9.78. The summed E-state index contributed by atoms with van der Waals surface area (Å²) in [4.78, 5) is 0.0165. The van der Waals surface area contributed by atoms with Crippen molar-refractivity contribution in [2.45, 2.75) is 15.7 Å². The fraction of sp³-hybridized carbons (Fsp3) is 0.200. The Bertz CT molecular complexity index is 762. The molecule has 0 fully saturated rings. The van der Waals surface area contributed by atoms with Crippen LogP contribution in [-0.2, 0) is 9.84 Å². The van der Waals surface area contributed by atoms with Gasteiger partial charge in [-0.3, -0.25) is 0 Å². The molecule has 0 saturated carbocycles. The number of hydrogen-bond donors (Lipinski definition) is 0. The van der Waals surface area contributed by atoms with E-state index in [-0.39, 0.29) is 16.7 Å². The van der Waals surface area contributed by atoms with E-state index in [1.807, 2.05) is 0 Å². The average Bonchev–Trinajstić information content (AvgIpc) is 2.46. The van der Waals surface area contributed by atoms with Crippen molar-refractivity contribution >= 4 is 37.5 Å². The van der Waals surface area contributed by atoms with Gasteiger partial charge in [-0.1, -0.05) is 46.3 Å². The topological polar surface area (TPSA) is 34.1 Å². The summed E-state index contributed by atoms with van der Waals surface area (Å²) >= 11 is 2.88. The highest BCUT2D eigenvalue weighted by Crippen LogP contribution is 2.43. The van der Waals surface area contributed by atoms with Crippen LogP contribution in [0.25, 0.3) is 0 Å². The van der Waals surface area contributed by atoms with Gasteiger partial charge >= 0.3 is 5.51 Å². The third-order valence-corrected chi connectivity index (χ3v) is 6.43. The van der Waals surface area contributed by atoms with Crippen molar-refractivity contribution < 1.29 is 21.6 Å². The zero-order chi connectivity index (χ0) is 17.1. The molecule has 0 amide bonds. The van der Waals surface area contributed by atoms with Gasteiger partial charge in [0.2, 0.25) is 0 Å². The third-order valence-electron chi connectivity index (χ3n) is 2.97. The molecule has 0 spiro atoms. The molecule has 0 aliphatic carbocycles. The minimum atomic E-state index is -4.53. The van der Waals surface area contributed by atoms with Crippen molar-refractivity contribution in [1.82, 2.24) is 0 Å². The van der Waals surface area contributed by atoms with Gasteiger partial charge in [0.05, 0.1) is 15.9 Å². The predicted octanol–water partition coefficient (Wildman–Crippen LogP) is 5.22. The molecule has 2 aromatic carbocycles. The molecule has 0 heterocycles. The van der Waals surface area contributed by atoms with Gasteiger partial charge in [-0.05, 0) is 41.6 Å². The Morgan fingerprint density at radius 2 is 1.70 bits per heavy atom. The van der Waals surface area contributed by atoms with Crippen LogP contribution in [-0.4, -0.2) is 19.7 Å². The summed E-state index contributed by atoms with van der Waals surface area (Å²) < 4.78 is 63.9. The highest BCUT2D eigenvalue weighted by Gasteiger charge is 2.36. The summed E-state index contributed by atoms with van der Waals surface area (Å²) in [6.45, 7) is 0. The smallest absolute Gasteiger partial charge is 0.224 e. The number of alkyl halides is 3. The van der Waals surface area contributed by atoms with Gasteiger partial charge in [0.25, 0.3) is 0 Å². The van der Waals surface area contributed by atoms with Gasteiger partial charge in [-0.15, -0.1) is 0 Å². The Kier molecular flexibility index (Phi) is 5.80. The molecule has 0 radical (unpaired) electrons. The van der Waals surface area contributed by atoms with Crippen molar-refractivity contribution in [3.63, 3.8) is 0 Å². The van der Waals surface area contributed by atoms with Gasteiger partial charge in [-0.25, -0.2) is 8.42 Å². The lowest BCUT2D eigenvalue weighted by atomic mass is 10.2. The molecule has 2 aromatic rings. The number of rotatable bonds is 5. The van der Waals surface area contributed by atoms with Gasteiger partial charge in [0, 0.05) is 4.47 Å². The number of thioether (sulfide) groups is 1. The maximum absolute atomic E-state index is 12.8. The molecule has 2 nitrogen and oxygen atoms in total. The minimum Gasteiger partial charge on any atom is -0.224 e. The van der Waals surface area contributed by atoms with E-state index in [2.05, 4.69) is 15.9 Å². The summed E-state index contributed by atoms with van der Waals surface area (Å²) in [5.74, 6) is -0.627. The molecule has 0 aromatic heterocycles.